The van der Waals surface area contributed by atoms with Crippen molar-refractivity contribution in [1.29, 1.82) is 0 Å². The predicted molar refractivity (Wildman–Crippen MR) is 480 cm³/mol. The molecule has 0 atom stereocenters. The van der Waals surface area contributed by atoms with Gasteiger partial charge in [-0.15, -0.1) is 0 Å². The summed E-state index contributed by atoms with van der Waals surface area (Å²) in [5.74, 6) is 1.09. The molecule has 37 heteroatoms. The molecule has 0 bridgehead atoms. The fraction of sp³-hybridized carbons (Fsp3) is 0.326. The first kappa shape index (κ1) is 99.4. The van der Waals surface area contributed by atoms with Crippen molar-refractivity contribution >= 4 is 164 Å². The van der Waals surface area contributed by atoms with Gasteiger partial charge in [0.2, 0.25) is 0 Å². The highest BCUT2D eigenvalue weighted by molar-refractivity contribution is 7.10. The number of ether oxygens (including phenoxy) is 10. The zero-order valence-corrected chi connectivity index (χ0v) is 77.2. The Morgan fingerprint density at radius 2 is 0.724 bits per heavy atom. The predicted octanol–water partition coefficient (Wildman–Crippen LogP) is 19.0. The van der Waals surface area contributed by atoms with E-state index in [1.165, 1.54) is 65.3 Å². The first-order valence-corrected chi connectivity index (χ1v) is 42.0. The third kappa shape index (κ3) is 30.0. The van der Waals surface area contributed by atoms with Gasteiger partial charge in [-0.3, -0.25) is 5.32 Å². The number of amides is 3. The topological polar surface area (TPSA) is 392 Å². The smallest absolute Gasteiger partial charge is 0.425 e. The van der Waals surface area contributed by atoms with Crippen LogP contribution in [0, 0.1) is 41.5 Å². The first-order chi connectivity index (χ1) is 58.2. The molecule has 0 aliphatic heterocycles. The van der Waals surface area contributed by atoms with Crippen LogP contribution in [0.2, 0.25) is 0 Å². The van der Waals surface area contributed by atoms with Crippen LogP contribution in [0.4, 0.5) is 49.3 Å². The Kier molecular flexibility index (Phi) is 38.1. The minimum Gasteiger partial charge on any atom is -0.497 e. The molecule has 6 heterocycles. The van der Waals surface area contributed by atoms with Crippen molar-refractivity contribution in [3.8, 4) is 5.75 Å². The van der Waals surface area contributed by atoms with Gasteiger partial charge in [0.25, 0.3) is 0 Å². The van der Waals surface area contributed by atoms with Crippen LogP contribution in [0.5, 0.6) is 5.75 Å². The Morgan fingerprint density at radius 3 is 1.11 bits per heavy atom. The second-order valence-electron chi connectivity index (χ2n) is 29.0. The molecule has 4 N–H and O–H groups in total. The van der Waals surface area contributed by atoms with Crippen LogP contribution in [0.15, 0.2) is 151 Å². The highest BCUT2D eigenvalue weighted by atomic mass is 32.1. The number of nitrogens with one attached hydrogen (secondary N) is 2. The van der Waals surface area contributed by atoms with E-state index in [4.69, 9.17) is 43.9 Å². The number of carbonyl (C=O) groups excluding carboxylic acids is 9. The third-order valence-corrected chi connectivity index (χ3v) is 21.9. The van der Waals surface area contributed by atoms with Crippen molar-refractivity contribution < 1.29 is 90.5 Å². The minimum absolute atomic E-state index is 0.0195. The second-order valence-corrected chi connectivity index (χ2v) is 33.6. The molecule has 123 heavy (non-hydrogen) atoms. The maximum atomic E-state index is 12.5. The molecule has 0 unspecified atom stereocenters. The number of hydrogen-bond acceptors (Lipinski definition) is 35. The zero-order valence-electron chi connectivity index (χ0n) is 72.3. The van der Waals surface area contributed by atoms with E-state index in [1.807, 2.05) is 142 Å². The zero-order chi connectivity index (χ0) is 91.1. The maximum absolute atomic E-state index is 12.5. The number of nitrogen functional groups attached to an aromatic ring is 1. The van der Waals surface area contributed by atoms with Crippen molar-refractivity contribution in [2.75, 3.05) is 75.9 Å². The summed E-state index contributed by atoms with van der Waals surface area (Å²) < 4.78 is 73.8. The monoisotopic (exact) mass is 1800 g/mol. The van der Waals surface area contributed by atoms with Crippen LogP contribution >= 0.6 is 69.2 Å². The number of esters is 6. The van der Waals surface area contributed by atoms with Crippen molar-refractivity contribution in [1.82, 2.24) is 26.2 Å². The number of nitrogens with zero attached hydrogens (tertiary/aromatic N) is 9. The number of anilines is 5. The molecular weight excluding hydrogens is 1700 g/mol. The summed E-state index contributed by atoms with van der Waals surface area (Å²) in [6.07, 6.45) is -2.48. The third-order valence-electron chi connectivity index (χ3n) is 16.4. The number of carbonyl (C=O) groups is 9. The Morgan fingerprint density at radius 1 is 0.382 bits per heavy atom. The summed E-state index contributed by atoms with van der Waals surface area (Å²) >= 11 is 6.30. The average Bonchev–Trinajstić information content (AvgIpc) is 1.69. The Balaban J connectivity index is 0.000000232. The van der Waals surface area contributed by atoms with E-state index in [2.05, 4.69) is 80.3 Å². The van der Waals surface area contributed by atoms with Crippen LogP contribution < -0.4 is 30.9 Å². The summed E-state index contributed by atoms with van der Waals surface area (Å²) in [6.45, 7) is 28.0. The number of hydrogen-bond donors (Lipinski definition) is 3. The highest BCUT2D eigenvalue weighted by Crippen LogP contribution is 2.34. The number of nitrogens with two attached hydrogens (primary N) is 1. The molecule has 11 rings (SSSR count). The number of rotatable bonds is 20. The standard InChI is InChI=1S/C20H20N2O2S.C19H16N2O2S.C16H24N2O6S.C14H16N2O3S.C11H16N2O4S.C6H8N2O2S/c1-15-18(20(23)24-2)25-21-19(15)22(13-16-9-5-3-6-10-16)14-17-11-7-4-8-12-17;1-13-17(19(22)23-2)24-21-18(13)20-16(14-9-5-3-6-10-14)15-11-7-4-8-12-15;1-9-10(12(19)22-8)25-17-11(9)18(13(20)23-15(2,3)4)14(21)24-16(5,6)7;1-9-12(14(17)19-3)20-16-13(9)15-8-10-4-6-11(18-2)7-5-10;1-6-7(9(14)16-5)18-13-8(6)12-10(15)17-11(2,3)4;1-3-4(6(9)10-2)11-8-5(3)7/h3-12H,13-14H2,1-2H3;3-12H,1-2H3;1-8H3;4-7H,8H2,1-3H3,(H,15,16);1-5H3,(H,12,13,15);1-2H3,(H2,7,8). The quantitative estimate of drug-likeness (QED) is 0.0362. The van der Waals surface area contributed by atoms with Crippen molar-refractivity contribution in [2.24, 2.45) is 4.99 Å². The van der Waals surface area contributed by atoms with Crippen LogP contribution in [0.3, 0.4) is 0 Å². The van der Waals surface area contributed by atoms with Gasteiger partial charge in [-0.1, -0.05) is 133 Å². The first-order valence-electron chi connectivity index (χ1n) is 37.4. The summed E-state index contributed by atoms with van der Waals surface area (Å²) in [4.78, 5) is 116. The summed E-state index contributed by atoms with van der Waals surface area (Å²) in [7, 11) is 9.63. The number of imide groups is 1. The SMILES string of the molecule is COC(=O)c1snc(N(C(=O)OC(C)(C)C)C(=O)OC(C)(C)C)c1C.COC(=O)c1snc(N(Cc2ccccc2)Cc2ccccc2)c1C.COC(=O)c1snc(N)c1C.COC(=O)c1snc(N=C(c2ccccc2)c2ccccc2)c1C.COC(=O)c1snc(NC(=O)OC(C)(C)C)c1C.COC(=O)c1snc(NCc2ccc(OC)cc2)c1C. The molecule has 5 aromatic carbocycles. The molecule has 31 nitrogen and oxygen atoms in total. The normalized spacial score (nSPS) is 10.6. The molecule has 0 aliphatic carbocycles. The van der Waals surface area contributed by atoms with E-state index in [9.17, 15) is 43.2 Å². The maximum Gasteiger partial charge on any atom is 0.425 e. The van der Waals surface area contributed by atoms with Crippen LogP contribution in [0.1, 0.15) is 182 Å². The van der Waals surface area contributed by atoms with Gasteiger partial charge in [-0.2, -0.15) is 31.1 Å². The van der Waals surface area contributed by atoms with Gasteiger partial charge in [-0.05, 0) is 202 Å². The molecule has 0 aliphatic rings. The lowest BCUT2D eigenvalue weighted by molar-refractivity contribution is 0.0422. The van der Waals surface area contributed by atoms with Crippen LogP contribution in [-0.2, 0) is 62.3 Å². The van der Waals surface area contributed by atoms with Crippen molar-refractivity contribution in [2.45, 2.75) is 140 Å². The van der Waals surface area contributed by atoms with E-state index >= 15 is 0 Å². The van der Waals surface area contributed by atoms with Gasteiger partial charge in [0, 0.05) is 64.1 Å². The van der Waals surface area contributed by atoms with Gasteiger partial charge in [0.05, 0.1) is 55.5 Å². The van der Waals surface area contributed by atoms with E-state index in [0.717, 1.165) is 121 Å². The fourth-order valence-corrected chi connectivity index (χ4v) is 14.8. The molecule has 654 valence electrons. The van der Waals surface area contributed by atoms with Gasteiger partial charge >= 0.3 is 54.1 Å². The Hall–Kier alpha value is -12.4. The van der Waals surface area contributed by atoms with Gasteiger partial charge < -0.3 is 63.3 Å². The summed E-state index contributed by atoms with van der Waals surface area (Å²) in [5, 5.41) is 5.71. The van der Waals surface area contributed by atoms with Gasteiger partial charge in [0.15, 0.2) is 17.5 Å². The Labute approximate surface area is 738 Å². The summed E-state index contributed by atoms with van der Waals surface area (Å²) in [6, 6.07) is 48.2. The molecule has 0 radical (unpaired) electrons. The van der Waals surface area contributed by atoms with E-state index in [1.54, 1.807) is 90.2 Å². The lowest BCUT2D eigenvalue weighted by atomic mass is 10.0. The number of aromatic nitrogens is 6. The molecule has 11 aromatic rings. The second kappa shape index (κ2) is 47.1. The van der Waals surface area contributed by atoms with Crippen LogP contribution in [-0.4, -0.2) is 153 Å². The van der Waals surface area contributed by atoms with Gasteiger partial charge in [-0.25, -0.2) is 48.1 Å². The largest absolute Gasteiger partial charge is 0.497 e. The lowest BCUT2D eigenvalue weighted by Gasteiger charge is -2.27. The minimum atomic E-state index is -0.938. The molecule has 3 amide bonds. The highest BCUT2D eigenvalue weighted by Gasteiger charge is 2.37. The number of methoxy groups -OCH3 is 7. The molecule has 0 spiro atoms. The van der Waals surface area contributed by atoms with Crippen molar-refractivity contribution in [3.63, 3.8) is 0 Å². The molecule has 0 fully saturated rings. The van der Waals surface area contributed by atoms with Crippen LogP contribution in [0.25, 0.3) is 0 Å². The molecule has 0 saturated carbocycles. The molecule has 0 saturated heterocycles. The summed E-state index contributed by atoms with van der Waals surface area (Å²) in [5.41, 5.74) is 13.5. The lowest BCUT2D eigenvalue weighted by Crippen LogP contribution is -2.44. The average molecular weight is 1800 g/mol. The number of benzene rings is 5. The Bertz CT molecular complexity index is 5270. The van der Waals surface area contributed by atoms with E-state index < -0.39 is 47.0 Å². The number of aliphatic imine (C=N–C) groups is 1. The molecule has 6 aromatic heterocycles. The molecular formula is C86H100N12O19S6. The van der Waals surface area contributed by atoms with Crippen molar-refractivity contribution in [3.05, 3.63) is 236 Å². The van der Waals surface area contributed by atoms with E-state index in [0.29, 0.717) is 75.8 Å². The fourth-order valence-electron chi connectivity index (χ4n) is 10.2. The van der Waals surface area contributed by atoms with E-state index in [-0.39, 0.29) is 34.6 Å². The van der Waals surface area contributed by atoms with Gasteiger partial charge in [0.1, 0.15) is 69.3 Å².